The first kappa shape index (κ1) is 11.7. The molecule has 3 rings (SSSR count). The molecule has 2 aromatic rings. The Balaban J connectivity index is 1.94. The molecular formula is C15H20N2O. The van der Waals surface area contributed by atoms with E-state index in [0.717, 1.165) is 18.5 Å². The Hall–Kier alpha value is -1.35. The summed E-state index contributed by atoms with van der Waals surface area (Å²) in [5.74, 6) is 0.547. The van der Waals surface area contributed by atoms with E-state index in [1.807, 2.05) is 4.68 Å². The van der Waals surface area contributed by atoms with E-state index in [9.17, 15) is 0 Å². The van der Waals surface area contributed by atoms with E-state index in [2.05, 4.69) is 43.3 Å². The van der Waals surface area contributed by atoms with Crippen LogP contribution in [-0.2, 0) is 4.74 Å². The van der Waals surface area contributed by atoms with Gasteiger partial charge in [0.1, 0.15) is 6.23 Å². The zero-order valence-corrected chi connectivity index (χ0v) is 11.1. The fourth-order valence-corrected chi connectivity index (χ4v) is 2.49. The van der Waals surface area contributed by atoms with E-state index < -0.39 is 0 Å². The zero-order valence-electron chi connectivity index (χ0n) is 11.1. The Morgan fingerprint density at radius 3 is 2.94 bits per heavy atom. The largest absolute Gasteiger partial charge is 0.357 e. The first-order chi connectivity index (χ1) is 8.74. The number of benzene rings is 1. The van der Waals surface area contributed by atoms with Crippen molar-refractivity contribution in [3.63, 3.8) is 0 Å². The van der Waals surface area contributed by atoms with Gasteiger partial charge in [-0.2, -0.15) is 5.10 Å². The molecule has 1 aromatic heterocycles. The van der Waals surface area contributed by atoms with Crippen LogP contribution < -0.4 is 0 Å². The number of hydrogen-bond acceptors (Lipinski definition) is 2. The Labute approximate surface area is 108 Å². The second-order valence-corrected chi connectivity index (χ2v) is 5.40. The average Bonchev–Trinajstić information content (AvgIpc) is 2.82. The highest BCUT2D eigenvalue weighted by Crippen LogP contribution is 2.25. The molecule has 0 radical (unpaired) electrons. The fourth-order valence-electron chi connectivity index (χ4n) is 2.49. The summed E-state index contributed by atoms with van der Waals surface area (Å²) in [6, 6.07) is 6.55. The van der Waals surface area contributed by atoms with Crippen molar-refractivity contribution >= 4 is 10.9 Å². The van der Waals surface area contributed by atoms with Crippen LogP contribution in [0.1, 0.15) is 50.8 Å². The molecule has 1 aliphatic heterocycles. The molecule has 3 nitrogen and oxygen atoms in total. The van der Waals surface area contributed by atoms with Gasteiger partial charge in [-0.3, -0.25) is 0 Å². The maximum absolute atomic E-state index is 5.77. The van der Waals surface area contributed by atoms with Gasteiger partial charge < -0.3 is 4.74 Å². The third-order valence-corrected chi connectivity index (χ3v) is 3.67. The molecule has 2 heterocycles. The van der Waals surface area contributed by atoms with Crippen LogP contribution in [0.3, 0.4) is 0 Å². The highest BCUT2D eigenvalue weighted by atomic mass is 16.5. The maximum Gasteiger partial charge on any atom is 0.150 e. The summed E-state index contributed by atoms with van der Waals surface area (Å²) in [6.45, 7) is 5.28. The van der Waals surface area contributed by atoms with Crippen LogP contribution in [0.4, 0.5) is 0 Å². The minimum Gasteiger partial charge on any atom is -0.357 e. The third kappa shape index (κ3) is 2.15. The Morgan fingerprint density at radius 1 is 1.33 bits per heavy atom. The van der Waals surface area contributed by atoms with Gasteiger partial charge in [0, 0.05) is 18.2 Å². The highest BCUT2D eigenvalue weighted by Gasteiger charge is 2.17. The molecule has 0 saturated carbocycles. The van der Waals surface area contributed by atoms with Crippen molar-refractivity contribution in [3.8, 4) is 0 Å². The van der Waals surface area contributed by atoms with Gasteiger partial charge in [-0.15, -0.1) is 0 Å². The van der Waals surface area contributed by atoms with Gasteiger partial charge in [-0.25, -0.2) is 4.68 Å². The molecule has 18 heavy (non-hydrogen) atoms. The van der Waals surface area contributed by atoms with Crippen molar-refractivity contribution in [2.75, 3.05) is 6.61 Å². The van der Waals surface area contributed by atoms with Crippen LogP contribution in [0.2, 0.25) is 0 Å². The van der Waals surface area contributed by atoms with E-state index in [1.165, 1.54) is 23.8 Å². The summed E-state index contributed by atoms with van der Waals surface area (Å²) in [5, 5.41) is 5.87. The number of fused-ring (bicyclic) bond motifs is 1. The number of rotatable bonds is 2. The number of nitrogens with zero attached hydrogens (tertiary/aromatic N) is 2. The molecule has 1 saturated heterocycles. The normalized spacial score (nSPS) is 20.7. The molecule has 1 unspecified atom stereocenters. The highest BCUT2D eigenvalue weighted by molar-refractivity contribution is 5.78. The van der Waals surface area contributed by atoms with Crippen molar-refractivity contribution in [3.05, 3.63) is 30.0 Å². The van der Waals surface area contributed by atoms with Crippen molar-refractivity contribution in [2.45, 2.75) is 45.3 Å². The molecular weight excluding hydrogens is 224 g/mol. The number of aromatic nitrogens is 2. The molecule has 0 aliphatic carbocycles. The van der Waals surface area contributed by atoms with Crippen molar-refractivity contribution in [1.82, 2.24) is 9.78 Å². The van der Waals surface area contributed by atoms with Crippen LogP contribution in [0.15, 0.2) is 24.4 Å². The van der Waals surface area contributed by atoms with Gasteiger partial charge in [0.2, 0.25) is 0 Å². The second kappa shape index (κ2) is 4.73. The van der Waals surface area contributed by atoms with Crippen LogP contribution in [-0.4, -0.2) is 16.4 Å². The van der Waals surface area contributed by atoms with Gasteiger partial charge in [0.25, 0.3) is 0 Å². The van der Waals surface area contributed by atoms with Gasteiger partial charge in [-0.1, -0.05) is 26.0 Å². The van der Waals surface area contributed by atoms with Crippen LogP contribution in [0, 0.1) is 0 Å². The molecule has 1 aromatic carbocycles. The summed E-state index contributed by atoms with van der Waals surface area (Å²) in [4.78, 5) is 0. The lowest BCUT2D eigenvalue weighted by Crippen LogP contribution is -2.18. The maximum atomic E-state index is 5.77. The minimum atomic E-state index is 0.133. The molecule has 1 fully saturated rings. The first-order valence-electron chi connectivity index (χ1n) is 6.84. The monoisotopic (exact) mass is 244 g/mol. The summed E-state index contributed by atoms with van der Waals surface area (Å²) in [5.41, 5.74) is 2.42. The SMILES string of the molecule is CC(C)c1ccc2cn(C3CCCCO3)nc2c1. The van der Waals surface area contributed by atoms with Gasteiger partial charge >= 0.3 is 0 Å². The Kier molecular flexibility index (Phi) is 3.08. The van der Waals surface area contributed by atoms with Crippen molar-refractivity contribution in [2.24, 2.45) is 0 Å². The zero-order chi connectivity index (χ0) is 12.5. The van der Waals surface area contributed by atoms with Gasteiger partial charge in [-0.05, 0) is 36.8 Å². The standard InChI is InChI=1S/C15H20N2O/c1-11(2)12-6-7-13-10-17(16-14(13)9-12)15-5-3-4-8-18-15/h6-7,9-11,15H,3-5,8H2,1-2H3. The summed E-state index contributed by atoms with van der Waals surface area (Å²) in [7, 11) is 0. The molecule has 96 valence electrons. The topological polar surface area (TPSA) is 27.1 Å². The minimum absolute atomic E-state index is 0.133. The lowest BCUT2D eigenvalue weighted by Gasteiger charge is -2.22. The molecule has 1 atom stereocenters. The lowest BCUT2D eigenvalue weighted by atomic mass is 10.0. The van der Waals surface area contributed by atoms with Crippen molar-refractivity contribution < 1.29 is 4.74 Å². The number of hydrogen-bond donors (Lipinski definition) is 0. The van der Waals surface area contributed by atoms with Gasteiger partial charge in [0.15, 0.2) is 0 Å². The van der Waals surface area contributed by atoms with Crippen LogP contribution in [0.5, 0.6) is 0 Å². The van der Waals surface area contributed by atoms with E-state index in [0.29, 0.717) is 5.92 Å². The first-order valence-corrected chi connectivity index (χ1v) is 6.84. The van der Waals surface area contributed by atoms with Gasteiger partial charge in [0.05, 0.1) is 5.52 Å². The molecule has 0 spiro atoms. The van der Waals surface area contributed by atoms with E-state index in [1.54, 1.807) is 0 Å². The predicted octanol–water partition coefficient (Wildman–Crippen LogP) is 3.86. The predicted molar refractivity (Wildman–Crippen MR) is 72.7 cm³/mol. The summed E-state index contributed by atoms with van der Waals surface area (Å²) < 4.78 is 7.77. The average molecular weight is 244 g/mol. The molecule has 1 aliphatic rings. The molecule has 0 amide bonds. The van der Waals surface area contributed by atoms with Crippen molar-refractivity contribution in [1.29, 1.82) is 0 Å². The Morgan fingerprint density at radius 2 is 2.22 bits per heavy atom. The number of ether oxygens (including phenoxy) is 1. The van der Waals surface area contributed by atoms with E-state index in [-0.39, 0.29) is 6.23 Å². The summed E-state index contributed by atoms with van der Waals surface area (Å²) in [6.07, 6.45) is 5.72. The summed E-state index contributed by atoms with van der Waals surface area (Å²) >= 11 is 0. The van der Waals surface area contributed by atoms with Crippen LogP contribution in [0.25, 0.3) is 10.9 Å². The Bertz CT molecular complexity index is 538. The fraction of sp³-hybridized carbons (Fsp3) is 0.533. The quantitative estimate of drug-likeness (QED) is 0.802. The van der Waals surface area contributed by atoms with Crippen LogP contribution >= 0.6 is 0 Å². The second-order valence-electron chi connectivity index (χ2n) is 5.40. The molecule has 0 bridgehead atoms. The van der Waals surface area contributed by atoms with E-state index >= 15 is 0 Å². The lowest BCUT2D eigenvalue weighted by molar-refractivity contribution is -0.0390. The molecule has 0 N–H and O–H groups in total. The van der Waals surface area contributed by atoms with E-state index in [4.69, 9.17) is 4.74 Å². The molecule has 3 heteroatoms. The smallest absolute Gasteiger partial charge is 0.150 e. The third-order valence-electron chi connectivity index (χ3n) is 3.67.